The maximum absolute atomic E-state index is 12.4. The SMILES string of the molecule is CCCOCC(COCC(F)(F)C(F)F)NN. The van der Waals surface area contributed by atoms with Crippen LogP contribution in [0, 0.1) is 0 Å². The van der Waals surface area contributed by atoms with Gasteiger partial charge in [-0.15, -0.1) is 0 Å². The van der Waals surface area contributed by atoms with Gasteiger partial charge < -0.3 is 9.47 Å². The Bertz CT molecular complexity index is 196. The summed E-state index contributed by atoms with van der Waals surface area (Å²) in [4.78, 5) is 0. The van der Waals surface area contributed by atoms with E-state index in [1.807, 2.05) is 6.92 Å². The molecule has 0 amide bonds. The van der Waals surface area contributed by atoms with E-state index in [9.17, 15) is 17.6 Å². The summed E-state index contributed by atoms with van der Waals surface area (Å²) in [6, 6.07) is -0.505. The first-order valence-electron chi connectivity index (χ1n) is 5.21. The summed E-state index contributed by atoms with van der Waals surface area (Å²) in [6.45, 7) is 1.03. The third kappa shape index (κ3) is 7.48. The van der Waals surface area contributed by atoms with Gasteiger partial charge >= 0.3 is 12.3 Å². The van der Waals surface area contributed by atoms with Crippen molar-refractivity contribution in [3.05, 3.63) is 0 Å². The fourth-order valence-corrected chi connectivity index (χ4v) is 0.915. The van der Waals surface area contributed by atoms with Crippen LogP contribution in [0.5, 0.6) is 0 Å². The van der Waals surface area contributed by atoms with Crippen molar-refractivity contribution in [2.24, 2.45) is 5.84 Å². The molecule has 0 fully saturated rings. The minimum Gasteiger partial charge on any atom is -0.380 e. The van der Waals surface area contributed by atoms with Crippen molar-refractivity contribution in [3.8, 4) is 0 Å². The van der Waals surface area contributed by atoms with Crippen LogP contribution in [0.4, 0.5) is 17.6 Å². The quantitative estimate of drug-likeness (QED) is 0.268. The minimum absolute atomic E-state index is 0.171. The number of alkyl halides is 4. The summed E-state index contributed by atoms with van der Waals surface area (Å²) in [7, 11) is 0. The second-order valence-corrected chi connectivity index (χ2v) is 3.52. The smallest absolute Gasteiger partial charge is 0.330 e. The molecule has 17 heavy (non-hydrogen) atoms. The lowest BCUT2D eigenvalue weighted by Crippen LogP contribution is -2.43. The molecule has 0 radical (unpaired) electrons. The molecule has 3 N–H and O–H groups in total. The Morgan fingerprint density at radius 2 is 1.82 bits per heavy atom. The van der Waals surface area contributed by atoms with Crippen molar-refractivity contribution in [1.29, 1.82) is 0 Å². The van der Waals surface area contributed by atoms with Gasteiger partial charge in [-0.05, 0) is 6.42 Å². The fourth-order valence-electron chi connectivity index (χ4n) is 0.915. The molecule has 8 heteroatoms. The van der Waals surface area contributed by atoms with Crippen molar-refractivity contribution >= 4 is 0 Å². The van der Waals surface area contributed by atoms with E-state index in [-0.39, 0.29) is 13.2 Å². The summed E-state index contributed by atoms with van der Waals surface area (Å²) in [5.41, 5.74) is 2.29. The number of hydrogen-bond donors (Lipinski definition) is 2. The van der Waals surface area contributed by atoms with E-state index in [1.54, 1.807) is 0 Å². The number of halogens is 4. The fraction of sp³-hybridized carbons (Fsp3) is 1.00. The molecule has 0 rings (SSSR count). The van der Waals surface area contributed by atoms with Crippen LogP contribution < -0.4 is 11.3 Å². The second kappa shape index (κ2) is 8.62. The first kappa shape index (κ1) is 16.6. The number of hydrogen-bond acceptors (Lipinski definition) is 4. The van der Waals surface area contributed by atoms with Crippen molar-refractivity contribution in [2.45, 2.75) is 31.7 Å². The predicted molar refractivity (Wildman–Crippen MR) is 54.0 cm³/mol. The Balaban J connectivity index is 3.76. The molecule has 0 aromatic carbocycles. The zero-order valence-electron chi connectivity index (χ0n) is 9.60. The molecule has 0 bridgehead atoms. The van der Waals surface area contributed by atoms with Gasteiger partial charge in [-0.1, -0.05) is 6.92 Å². The highest BCUT2D eigenvalue weighted by Gasteiger charge is 2.41. The number of nitrogens with one attached hydrogen (secondary N) is 1. The summed E-state index contributed by atoms with van der Waals surface area (Å²) >= 11 is 0. The Morgan fingerprint density at radius 3 is 2.29 bits per heavy atom. The lowest BCUT2D eigenvalue weighted by Gasteiger charge is -2.19. The van der Waals surface area contributed by atoms with Gasteiger partial charge in [-0.3, -0.25) is 11.3 Å². The third-order valence-corrected chi connectivity index (χ3v) is 1.84. The molecule has 1 unspecified atom stereocenters. The normalized spacial score (nSPS) is 14.3. The van der Waals surface area contributed by atoms with E-state index in [0.29, 0.717) is 6.61 Å². The largest absolute Gasteiger partial charge is 0.380 e. The van der Waals surface area contributed by atoms with Crippen LogP contribution in [-0.2, 0) is 9.47 Å². The van der Waals surface area contributed by atoms with Gasteiger partial charge in [0.25, 0.3) is 0 Å². The monoisotopic (exact) mass is 262 g/mol. The van der Waals surface area contributed by atoms with Crippen molar-refractivity contribution in [2.75, 3.05) is 26.4 Å². The molecule has 0 aliphatic carbocycles. The zero-order chi connectivity index (χ0) is 13.3. The number of rotatable bonds is 10. The number of ether oxygens (including phenoxy) is 2. The first-order valence-corrected chi connectivity index (χ1v) is 5.21. The Kier molecular flexibility index (Phi) is 8.40. The maximum Gasteiger partial charge on any atom is 0.330 e. The van der Waals surface area contributed by atoms with Crippen LogP contribution in [0.1, 0.15) is 13.3 Å². The Labute approximate surface area is 97.4 Å². The summed E-state index contributed by atoms with van der Waals surface area (Å²) in [5.74, 6) is 0.983. The molecule has 0 aliphatic heterocycles. The zero-order valence-corrected chi connectivity index (χ0v) is 9.60. The predicted octanol–water partition coefficient (Wildman–Crippen LogP) is 1.16. The van der Waals surface area contributed by atoms with Crippen molar-refractivity contribution in [3.63, 3.8) is 0 Å². The highest BCUT2D eigenvalue weighted by atomic mass is 19.3. The highest BCUT2D eigenvalue weighted by Crippen LogP contribution is 2.22. The summed E-state index contributed by atoms with van der Waals surface area (Å²) in [5, 5.41) is 0. The first-order chi connectivity index (χ1) is 7.94. The van der Waals surface area contributed by atoms with E-state index in [2.05, 4.69) is 10.2 Å². The lowest BCUT2D eigenvalue weighted by molar-refractivity contribution is -0.167. The van der Waals surface area contributed by atoms with Gasteiger partial charge in [0.05, 0.1) is 19.3 Å². The lowest BCUT2D eigenvalue weighted by atomic mass is 10.3. The average molecular weight is 262 g/mol. The molecule has 0 heterocycles. The molecule has 0 saturated heterocycles. The van der Waals surface area contributed by atoms with E-state index in [1.165, 1.54) is 0 Å². The maximum atomic E-state index is 12.4. The van der Waals surface area contributed by atoms with Crippen LogP contribution in [0.25, 0.3) is 0 Å². The molecule has 0 aromatic heterocycles. The molecular formula is C9H18F4N2O2. The average Bonchev–Trinajstić information content (AvgIpc) is 2.26. The number of hydrazine groups is 1. The van der Waals surface area contributed by atoms with Crippen LogP contribution in [0.2, 0.25) is 0 Å². The van der Waals surface area contributed by atoms with Gasteiger partial charge in [-0.25, -0.2) is 8.78 Å². The van der Waals surface area contributed by atoms with Gasteiger partial charge in [0.1, 0.15) is 6.61 Å². The second-order valence-electron chi connectivity index (χ2n) is 3.52. The van der Waals surface area contributed by atoms with E-state index >= 15 is 0 Å². The molecule has 0 aliphatic rings. The highest BCUT2D eigenvalue weighted by molar-refractivity contribution is 4.69. The summed E-state index contributed by atoms with van der Waals surface area (Å²) in [6.07, 6.45) is -2.93. The molecular weight excluding hydrogens is 244 g/mol. The van der Waals surface area contributed by atoms with Gasteiger partial charge in [0.2, 0.25) is 0 Å². The van der Waals surface area contributed by atoms with Crippen molar-refractivity contribution < 1.29 is 27.0 Å². The molecule has 0 aromatic rings. The van der Waals surface area contributed by atoms with Crippen LogP contribution >= 0.6 is 0 Å². The van der Waals surface area contributed by atoms with Crippen molar-refractivity contribution in [1.82, 2.24) is 5.43 Å². The third-order valence-electron chi connectivity index (χ3n) is 1.84. The van der Waals surface area contributed by atoms with E-state index in [0.717, 1.165) is 6.42 Å². The van der Waals surface area contributed by atoms with E-state index < -0.39 is 25.0 Å². The van der Waals surface area contributed by atoms with Gasteiger partial charge in [-0.2, -0.15) is 8.78 Å². The Hall–Kier alpha value is -0.440. The Morgan fingerprint density at radius 1 is 1.24 bits per heavy atom. The van der Waals surface area contributed by atoms with E-state index in [4.69, 9.17) is 10.6 Å². The minimum atomic E-state index is -4.14. The molecule has 0 saturated carbocycles. The molecule has 4 nitrogen and oxygen atoms in total. The molecule has 104 valence electrons. The molecule has 1 atom stereocenters. The van der Waals surface area contributed by atoms with Gasteiger partial charge in [0, 0.05) is 6.61 Å². The number of nitrogens with two attached hydrogens (primary N) is 1. The van der Waals surface area contributed by atoms with Crippen LogP contribution in [0.3, 0.4) is 0 Å². The van der Waals surface area contributed by atoms with Crippen LogP contribution in [0.15, 0.2) is 0 Å². The van der Waals surface area contributed by atoms with Gasteiger partial charge in [0.15, 0.2) is 0 Å². The standard InChI is InChI=1S/C9H18F4N2O2/c1-2-3-16-4-7(15-14)5-17-6-9(12,13)8(10)11/h7-8,15H,2-6,14H2,1H3. The summed E-state index contributed by atoms with van der Waals surface area (Å²) < 4.78 is 58.0. The topological polar surface area (TPSA) is 56.5 Å². The molecule has 0 spiro atoms. The van der Waals surface area contributed by atoms with Crippen LogP contribution in [-0.4, -0.2) is 44.8 Å².